The number of aryl methyl sites for hydroxylation is 1. The van der Waals surface area contributed by atoms with Crippen molar-refractivity contribution in [1.29, 1.82) is 0 Å². The van der Waals surface area contributed by atoms with E-state index < -0.39 is 0 Å². The Morgan fingerprint density at radius 2 is 2.00 bits per heavy atom. The van der Waals surface area contributed by atoms with Crippen LogP contribution in [0.25, 0.3) is 10.6 Å². The van der Waals surface area contributed by atoms with Crippen LogP contribution in [0.4, 0.5) is 0 Å². The molecule has 0 spiro atoms. The van der Waals surface area contributed by atoms with Crippen molar-refractivity contribution < 1.29 is 4.79 Å². The van der Waals surface area contributed by atoms with Gasteiger partial charge in [-0.3, -0.25) is 4.79 Å². The molecule has 0 amide bonds. The minimum atomic E-state index is 0.0997. The first kappa shape index (κ1) is 12.5. The van der Waals surface area contributed by atoms with Crippen molar-refractivity contribution in [3.63, 3.8) is 0 Å². The topological polar surface area (TPSA) is 30.0 Å². The zero-order valence-corrected chi connectivity index (χ0v) is 12.1. The molecular formula is C13H12BrNOS. The molecule has 0 unspecified atom stereocenters. The Labute approximate surface area is 113 Å². The van der Waals surface area contributed by atoms with Gasteiger partial charge in [-0.1, -0.05) is 35.0 Å². The fraction of sp³-hybridized carbons (Fsp3) is 0.231. The molecule has 0 atom stereocenters. The predicted octanol–water partition coefficient (Wildman–Crippen LogP) is 4.34. The van der Waals surface area contributed by atoms with Gasteiger partial charge in [0.2, 0.25) is 0 Å². The highest BCUT2D eigenvalue weighted by molar-refractivity contribution is 9.10. The largest absolute Gasteiger partial charge is 0.294 e. The number of benzene rings is 1. The molecular weight excluding hydrogens is 298 g/mol. The van der Waals surface area contributed by atoms with E-state index in [1.54, 1.807) is 6.92 Å². The fourth-order valence-electron chi connectivity index (χ4n) is 1.58. The van der Waals surface area contributed by atoms with Crippen molar-refractivity contribution >= 4 is 33.0 Å². The highest BCUT2D eigenvalue weighted by Gasteiger charge is 2.14. The molecule has 2 aromatic rings. The molecule has 88 valence electrons. The van der Waals surface area contributed by atoms with Crippen LogP contribution >= 0.6 is 27.3 Å². The highest BCUT2D eigenvalue weighted by Crippen LogP contribution is 2.29. The summed E-state index contributed by atoms with van der Waals surface area (Å²) in [5.74, 6) is 0.0997. The summed E-state index contributed by atoms with van der Waals surface area (Å²) < 4.78 is 1.04. The molecule has 2 nitrogen and oxygen atoms in total. The lowest BCUT2D eigenvalue weighted by Gasteiger charge is -1.95. The molecule has 0 radical (unpaired) electrons. The normalized spacial score (nSPS) is 10.5. The van der Waals surface area contributed by atoms with Gasteiger partial charge in [0, 0.05) is 17.0 Å². The fourth-order valence-corrected chi connectivity index (χ4v) is 2.90. The van der Waals surface area contributed by atoms with Crippen molar-refractivity contribution in [3.8, 4) is 10.6 Å². The molecule has 17 heavy (non-hydrogen) atoms. The lowest BCUT2D eigenvalue weighted by atomic mass is 10.2. The Bertz CT molecular complexity index is 545. The maximum atomic E-state index is 11.5. The van der Waals surface area contributed by atoms with Gasteiger partial charge in [0.25, 0.3) is 0 Å². The molecule has 1 aromatic heterocycles. The van der Waals surface area contributed by atoms with Crippen LogP contribution in [-0.4, -0.2) is 10.8 Å². The molecule has 0 fully saturated rings. The monoisotopic (exact) mass is 309 g/mol. The summed E-state index contributed by atoms with van der Waals surface area (Å²) in [7, 11) is 0. The van der Waals surface area contributed by atoms with E-state index in [-0.39, 0.29) is 5.78 Å². The third-order valence-corrected chi connectivity index (χ3v) is 4.22. The van der Waals surface area contributed by atoms with Crippen molar-refractivity contribution in [2.24, 2.45) is 0 Å². The van der Waals surface area contributed by atoms with Crippen LogP contribution in [0.1, 0.15) is 29.2 Å². The van der Waals surface area contributed by atoms with Crippen LogP contribution in [0.5, 0.6) is 0 Å². The first-order chi connectivity index (χ1) is 8.11. The molecule has 0 aliphatic rings. The zero-order chi connectivity index (χ0) is 12.4. The van der Waals surface area contributed by atoms with Gasteiger partial charge < -0.3 is 0 Å². The van der Waals surface area contributed by atoms with Crippen LogP contribution in [0.3, 0.4) is 0 Å². The number of halogens is 1. The van der Waals surface area contributed by atoms with Gasteiger partial charge in [-0.25, -0.2) is 4.98 Å². The average molecular weight is 310 g/mol. The van der Waals surface area contributed by atoms with E-state index in [0.717, 1.165) is 32.0 Å². The van der Waals surface area contributed by atoms with Gasteiger partial charge in [0.1, 0.15) is 5.01 Å². The number of Topliss-reactive ketones (excluding diaryl/α,β-unsaturated/α-hetero) is 1. The summed E-state index contributed by atoms with van der Waals surface area (Å²) >= 11 is 4.88. The Morgan fingerprint density at radius 1 is 1.35 bits per heavy atom. The lowest BCUT2D eigenvalue weighted by molar-refractivity contribution is 0.102. The maximum Gasteiger partial charge on any atom is 0.171 e. The first-order valence-electron chi connectivity index (χ1n) is 5.38. The Kier molecular flexibility index (Phi) is 3.74. The Morgan fingerprint density at radius 3 is 2.47 bits per heavy atom. The van der Waals surface area contributed by atoms with E-state index in [1.807, 2.05) is 31.2 Å². The third kappa shape index (κ3) is 2.64. The van der Waals surface area contributed by atoms with E-state index in [2.05, 4.69) is 20.9 Å². The standard InChI is InChI=1S/C13H12BrNOS/c1-3-11-12(8(2)16)17-13(15-11)9-4-6-10(14)7-5-9/h4-7H,3H2,1-2H3. The maximum absolute atomic E-state index is 11.5. The van der Waals surface area contributed by atoms with Gasteiger partial charge in [-0.15, -0.1) is 11.3 Å². The SMILES string of the molecule is CCc1nc(-c2ccc(Br)cc2)sc1C(C)=O. The predicted molar refractivity (Wildman–Crippen MR) is 74.6 cm³/mol. The number of hydrogen-bond acceptors (Lipinski definition) is 3. The first-order valence-corrected chi connectivity index (χ1v) is 6.99. The second kappa shape index (κ2) is 5.10. The number of carbonyl (C=O) groups is 1. The van der Waals surface area contributed by atoms with Crippen LogP contribution in [0, 0.1) is 0 Å². The minimum Gasteiger partial charge on any atom is -0.294 e. The van der Waals surface area contributed by atoms with Crippen molar-refractivity contribution in [2.45, 2.75) is 20.3 Å². The third-order valence-electron chi connectivity index (χ3n) is 2.44. The number of nitrogens with zero attached hydrogens (tertiary/aromatic N) is 1. The Hall–Kier alpha value is -1.00. The molecule has 2 rings (SSSR count). The zero-order valence-electron chi connectivity index (χ0n) is 9.66. The summed E-state index contributed by atoms with van der Waals surface area (Å²) in [4.78, 5) is 16.8. The van der Waals surface area contributed by atoms with E-state index in [4.69, 9.17) is 0 Å². The number of hydrogen-bond donors (Lipinski definition) is 0. The summed E-state index contributed by atoms with van der Waals surface area (Å²) in [6.45, 7) is 3.62. The van der Waals surface area contributed by atoms with Gasteiger partial charge >= 0.3 is 0 Å². The molecule has 1 heterocycles. The number of ketones is 1. The molecule has 0 aliphatic heterocycles. The molecule has 0 saturated carbocycles. The molecule has 0 bridgehead atoms. The van der Waals surface area contributed by atoms with E-state index in [1.165, 1.54) is 11.3 Å². The van der Waals surface area contributed by atoms with Crippen molar-refractivity contribution in [2.75, 3.05) is 0 Å². The summed E-state index contributed by atoms with van der Waals surface area (Å²) in [6, 6.07) is 7.98. The lowest BCUT2D eigenvalue weighted by Crippen LogP contribution is -1.93. The second-order valence-electron chi connectivity index (χ2n) is 3.71. The van der Waals surface area contributed by atoms with Crippen LogP contribution in [-0.2, 0) is 6.42 Å². The van der Waals surface area contributed by atoms with Gasteiger partial charge in [0.05, 0.1) is 10.6 Å². The average Bonchev–Trinajstić information content (AvgIpc) is 2.74. The molecule has 4 heteroatoms. The highest BCUT2D eigenvalue weighted by atomic mass is 79.9. The molecule has 0 aliphatic carbocycles. The Balaban J connectivity index is 2.46. The summed E-state index contributed by atoms with van der Waals surface area (Å²) in [5.41, 5.74) is 1.96. The van der Waals surface area contributed by atoms with E-state index >= 15 is 0 Å². The van der Waals surface area contributed by atoms with Crippen LogP contribution in [0.15, 0.2) is 28.7 Å². The number of rotatable bonds is 3. The summed E-state index contributed by atoms with van der Waals surface area (Å²) in [5, 5.41) is 0.916. The smallest absolute Gasteiger partial charge is 0.171 e. The minimum absolute atomic E-state index is 0.0997. The van der Waals surface area contributed by atoms with E-state index in [0.29, 0.717) is 0 Å². The molecule has 1 aromatic carbocycles. The van der Waals surface area contributed by atoms with Gasteiger partial charge in [-0.2, -0.15) is 0 Å². The van der Waals surface area contributed by atoms with Crippen molar-refractivity contribution in [3.05, 3.63) is 39.3 Å². The number of carbonyl (C=O) groups excluding carboxylic acids is 1. The number of aromatic nitrogens is 1. The summed E-state index contributed by atoms with van der Waals surface area (Å²) in [6.07, 6.45) is 0.794. The van der Waals surface area contributed by atoms with Gasteiger partial charge in [-0.05, 0) is 18.6 Å². The molecule has 0 saturated heterocycles. The molecule has 0 N–H and O–H groups in total. The van der Waals surface area contributed by atoms with Crippen LogP contribution in [0.2, 0.25) is 0 Å². The quantitative estimate of drug-likeness (QED) is 0.790. The van der Waals surface area contributed by atoms with E-state index in [9.17, 15) is 4.79 Å². The second-order valence-corrected chi connectivity index (χ2v) is 5.63. The van der Waals surface area contributed by atoms with Gasteiger partial charge in [0.15, 0.2) is 5.78 Å². The number of thiazole rings is 1. The van der Waals surface area contributed by atoms with Crippen molar-refractivity contribution in [1.82, 2.24) is 4.98 Å². The van der Waals surface area contributed by atoms with Crippen LogP contribution < -0.4 is 0 Å².